The van der Waals surface area contributed by atoms with Crippen LogP contribution < -0.4 is 0 Å². The van der Waals surface area contributed by atoms with E-state index >= 15 is 0 Å². The first-order chi connectivity index (χ1) is 5.54. The van der Waals surface area contributed by atoms with Crippen molar-refractivity contribution in [3.63, 3.8) is 0 Å². The molecule has 0 aromatic rings. The normalized spacial score (nSPS) is 7.67. The molecule has 0 aliphatic rings. The average molecular weight is 224 g/mol. The zero-order chi connectivity index (χ0) is 9.98. The molecule has 0 unspecified atom stereocenters. The van der Waals surface area contributed by atoms with E-state index in [1.54, 1.807) is 0 Å². The van der Waals surface area contributed by atoms with Crippen molar-refractivity contribution in [1.82, 2.24) is 0 Å². The van der Waals surface area contributed by atoms with Crippen LogP contribution in [-0.2, 0) is 26.7 Å². The van der Waals surface area contributed by atoms with Gasteiger partial charge in [-0.05, 0) is 13.8 Å². The molecule has 0 aromatic carbocycles. The Bertz CT molecular complexity index is 118. The molecule has 3 heteroatoms. The number of hydrogen-bond acceptors (Lipinski definition) is 2. The molecular weight excluding hydrogens is 205 g/mol. The van der Waals surface area contributed by atoms with E-state index in [1.807, 2.05) is 0 Å². The second-order valence-corrected chi connectivity index (χ2v) is 8.61. The van der Waals surface area contributed by atoms with E-state index in [-0.39, 0.29) is 35.1 Å². The van der Waals surface area contributed by atoms with Gasteiger partial charge in [0.15, 0.2) is 0 Å². The van der Waals surface area contributed by atoms with Crippen LogP contribution in [0.4, 0.5) is 0 Å². The number of Topliss-reactive ketones (excluding diaryl/α,β-unsaturated/α-hetero) is 2. The van der Waals surface area contributed by atoms with Crippen molar-refractivity contribution in [2.45, 2.75) is 44.1 Å². The summed E-state index contributed by atoms with van der Waals surface area (Å²) in [4.78, 5) is 20.1. The van der Waals surface area contributed by atoms with Gasteiger partial charge in [0, 0.05) is 0 Å². The first-order valence-electron chi connectivity index (χ1n) is 4.53. The first-order valence-corrected chi connectivity index (χ1v) is 8.73. The molecule has 0 radical (unpaired) electrons. The summed E-state index contributed by atoms with van der Waals surface area (Å²) < 4.78 is 0. The summed E-state index contributed by atoms with van der Waals surface area (Å²) in [7, 11) is 0. The zero-order valence-electron chi connectivity index (χ0n) is 8.64. The molecule has 0 heterocycles. The summed E-state index contributed by atoms with van der Waals surface area (Å²) in [6, 6.07) is 0. The Hall–Kier alpha value is -0.0366. The second kappa shape index (κ2) is 11.0. The van der Waals surface area contributed by atoms with Gasteiger partial charge < -0.3 is 0 Å². The average Bonchev–Trinajstić information content (AvgIpc) is 1.87. The maximum absolute atomic E-state index is 10.0. The van der Waals surface area contributed by atoms with Gasteiger partial charge in [-0.1, -0.05) is 0 Å². The molecule has 0 spiro atoms. The molecule has 0 fully saturated rings. The predicted molar refractivity (Wildman–Crippen MR) is 46.9 cm³/mol. The quantitative estimate of drug-likeness (QED) is 0.542. The monoisotopic (exact) mass is 222 g/mol. The van der Waals surface area contributed by atoms with Crippen LogP contribution in [0.5, 0.6) is 0 Å². The molecule has 0 saturated heterocycles. The van der Waals surface area contributed by atoms with Crippen LogP contribution in [-0.4, -0.2) is 11.6 Å². The molecule has 0 amide bonds. The summed E-state index contributed by atoms with van der Waals surface area (Å²) >= 11 is 0.0972. The van der Waals surface area contributed by atoms with Crippen molar-refractivity contribution in [2.75, 3.05) is 0 Å². The predicted octanol–water partition coefficient (Wildman–Crippen LogP) is 2.50. The van der Waals surface area contributed by atoms with Gasteiger partial charge in [-0.3, -0.25) is 9.59 Å². The minimum atomic E-state index is -0.0625. The molecule has 68 valence electrons. The van der Waals surface area contributed by atoms with E-state index < -0.39 is 0 Å². The van der Waals surface area contributed by atoms with Gasteiger partial charge >= 0.3 is 41.0 Å². The van der Waals surface area contributed by atoms with Crippen LogP contribution in [0.25, 0.3) is 0 Å². The SMILES string of the molecule is CC(=O)CC(C)=O.C[CH2][Zn][CH2]C. The topological polar surface area (TPSA) is 34.1 Å². The Kier molecular flexibility index (Phi) is 13.2. The van der Waals surface area contributed by atoms with Gasteiger partial charge in [0.05, 0.1) is 6.42 Å². The van der Waals surface area contributed by atoms with Crippen LogP contribution in [0.2, 0.25) is 10.0 Å². The van der Waals surface area contributed by atoms with Crippen molar-refractivity contribution in [1.29, 1.82) is 0 Å². The van der Waals surface area contributed by atoms with E-state index in [0.717, 1.165) is 0 Å². The van der Waals surface area contributed by atoms with Crippen LogP contribution in [0.3, 0.4) is 0 Å². The molecule has 0 aliphatic heterocycles. The third-order valence-electron chi connectivity index (χ3n) is 1.20. The fraction of sp³-hybridized carbons (Fsp3) is 0.778. The van der Waals surface area contributed by atoms with E-state index in [4.69, 9.17) is 0 Å². The molecule has 0 atom stereocenters. The number of carbonyl (C=O) groups excluding carboxylic acids is 2. The molecule has 0 rings (SSSR count). The Morgan fingerprint density at radius 3 is 1.33 bits per heavy atom. The molecule has 0 saturated carbocycles. The molecule has 0 N–H and O–H groups in total. The van der Waals surface area contributed by atoms with Gasteiger partial charge in [0.25, 0.3) is 0 Å². The number of carbonyl (C=O) groups is 2. The number of ketones is 2. The van der Waals surface area contributed by atoms with Crippen molar-refractivity contribution >= 4 is 11.6 Å². The third-order valence-corrected chi connectivity index (χ3v) is 4.17. The Morgan fingerprint density at radius 2 is 1.33 bits per heavy atom. The second-order valence-electron chi connectivity index (χ2n) is 2.93. The zero-order valence-corrected chi connectivity index (χ0v) is 11.6. The van der Waals surface area contributed by atoms with E-state index in [1.165, 1.54) is 23.9 Å². The summed E-state index contributed by atoms with van der Waals surface area (Å²) in [6.45, 7) is 7.40. The van der Waals surface area contributed by atoms with Crippen LogP contribution in [0, 0.1) is 0 Å². The Balaban J connectivity index is 0. The minimum absolute atomic E-state index is 0.0625. The van der Waals surface area contributed by atoms with Crippen molar-refractivity contribution < 1.29 is 26.7 Å². The third kappa shape index (κ3) is 22.5. The maximum atomic E-state index is 10.0. The van der Waals surface area contributed by atoms with Crippen molar-refractivity contribution in [2.24, 2.45) is 0 Å². The molecular formula is C9H18O2Zn. The molecule has 12 heavy (non-hydrogen) atoms. The molecule has 0 aliphatic carbocycles. The van der Waals surface area contributed by atoms with E-state index in [0.29, 0.717) is 0 Å². The van der Waals surface area contributed by atoms with Gasteiger partial charge in [0.1, 0.15) is 11.6 Å². The van der Waals surface area contributed by atoms with E-state index in [9.17, 15) is 9.59 Å². The Morgan fingerprint density at radius 1 is 1.00 bits per heavy atom. The summed E-state index contributed by atoms with van der Waals surface area (Å²) in [6.07, 6.45) is 0.0833. The molecule has 0 bridgehead atoms. The van der Waals surface area contributed by atoms with E-state index in [2.05, 4.69) is 13.8 Å². The van der Waals surface area contributed by atoms with Gasteiger partial charge in [-0.2, -0.15) is 0 Å². The summed E-state index contributed by atoms with van der Waals surface area (Å²) in [5, 5.41) is 3.06. The fourth-order valence-electron chi connectivity index (χ4n) is 0.704. The van der Waals surface area contributed by atoms with Gasteiger partial charge in [-0.25, -0.2) is 0 Å². The van der Waals surface area contributed by atoms with Crippen molar-refractivity contribution in [3.8, 4) is 0 Å². The van der Waals surface area contributed by atoms with Gasteiger partial charge in [0.2, 0.25) is 0 Å². The Labute approximate surface area is 82.7 Å². The summed E-state index contributed by atoms with van der Waals surface area (Å²) in [5.41, 5.74) is 0. The van der Waals surface area contributed by atoms with Gasteiger partial charge in [-0.15, -0.1) is 0 Å². The molecule has 2 nitrogen and oxygen atoms in total. The standard InChI is InChI=1S/C5H8O2.2C2H5.Zn/c1-4(6)3-5(2)7;2*1-2;/h3H2,1-2H3;2*1H2,2H3;. The van der Waals surface area contributed by atoms with Crippen LogP contribution >= 0.6 is 0 Å². The fourth-order valence-corrected chi connectivity index (χ4v) is 2.19. The number of hydrogen-bond donors (Lipinski definition) is 0. The summed E-state index contributed by atoms with van der Waals surface area (Å²) in [5.74, 6) is -0.125. The number of rotatable bonds is 4. The molecule has 0 aromatic heterocycles. The first kappa shape index (κ1) is 14.5. The van der Waals surface area contributed by atoms with Crippen LogP contribution in [0.15, 0.2) is 0 Å². The van der Waals surface area contributed by atoms with Crippen LogP contribution in [0.1, 0.15) is 34.1 Å². The van der Waals surface area contributed by atoms with Crippen molar-refractivity contribution in [3.05, 3.63) is 0 Å².